The molecule has 1 aromatic heterocycles. The van der Waals surface area contributed by atoms with Crippen LogP contribution in [0.15, 0.2) is 71.8 Å². The fourth-order valence-electron chi connectivity index (χ4n) is 3.35. The summed E-state index contributed by atoms with van der Waals surface area (Å²) in [5, 5.41) is 3.18. The molecule has 9 heteroatoms. The summed E-state index contributed by atoms with van der Waals surface area (Å²) < 4.78 is 36.3. The van der Waals surface area contributed by atoms with Gasteiger partial charge in [-0.3, -0.25) is 9.17 Å². The van der Waals surface area contributed by atoms with Crippen molar-refractivity contribution in [2.24, 2.45) is 0 Å². The quantitative estimate of drug-likeness (QED) is 0.383. The van der Waals surface area contributed by atoms with Crippen LogP contribution in [-0.4, -0.2) is 25.1 Å². The first-order chi connectivity index (χ1) is 16.4. The third-order valence-electron chi connectivity index (χ3n) is 4.95. The largest absolute Gasteiger partial charge is 0.444 e. The van der Waals surface area contributed by atoms with Crippen molar-refractivity contribution in [2.45, 2.75) is 57.3 Å². The van der Waals surface area contributed by atoms with Crippen molar-refractivity contribution in [2.75, 3.05) is 0 Å². The summed E-state index contributed by atoms with van der Waals surface area (Å²) in [7, 11) is -4.02. The molecule has 3 aromatic rings. The van der Waals surface area contributed by atoms with Crippen molar-refractivity contribution in [3.63, 3.8) is 0 Å². The second-order valence-electron chi connectivity index (χ2n) is 9.12. The van der Waals surface area contributed by atoms with Crippen molar-refractivity contribution < 1.29 is 22.1 Å². The third kappa shape index (κ3) is 8.06. The van der Waals surface area contributed by atoms with Crippen molar-refractivity contribution in [1.29, 1.82) is 0 Å². The molecule has 1 atom stereocenters. The van der Waals surface area contributed by atoms with Gasteiger partial charge in [0.15, 0.2) is 0 Å². The number of benzene rings is 2. The Morgan fingerprint density at radius 1 is 1.09 bits per heavy atom. The maximum absolute atomic E-state index is 12.7. The average molecular weight is 517 g/mol. The number of nitrogens with one attached hydrogen (secondary N) is 1. The van der Waals surface area contributed by atoms with Gasteiger partial charge >= 0.3 is 6.09 Å². The zero-order chi connectivity index (χ0) is 25.6. The van der Waals surface area contributed by atoms with Gasteiger partial charge in [0.05, 0.1) is 28.3 Å². The van der Waals surface area contributed by atoms with Crippen molar-refractivity contribution in [3.05, 3.63) is 94.3 Å². The van der Waals surface area contributed by atoms with E-state index in [2.05, 4.69) is 10.3 Å². The number of carbonyl (C=O) groups is 1. The third-order valence-corrected chi connectivity index (χ3v) is 6.44. The number of aryl methyl sites for hydroxylation is 1. The number of halogens is 1. The van der Waals surface area contributed by atoms with Gasteiger partial charge in [0, 0.05) is 11.8 Å². The Hall–Kier alpha value is -2.94. The molecule has 1 heterocycles. The van der Waals surface area contributed by atoms with Gasteiger partial charge in [-0.1, -0.05) is 59.6 Å². The zero-order valence-electron chi connectivity index (χ0n) is 20.1. The Morgan fingerprint density at radius 3 is 2.37 bits per heavy atom. The molecule has 0 fully saturated rings. The van der Waals surface area contributed by atoms with Crippen molar-refractivity contribution in [1.82, 2.24) is 10.3 Å². The lowest BCUT2D eigenvalue weighted by molar-refractivity contribution is 0.0501. The van der Waals surface area contributed by atoms with E-state index in [4.69, 9.17) is 20.5 Å². The molecule has 0 saturated heterocycles. The summed E-state index contributed by atoms with van der Waals surface area (Å²) in [5.74, 6) is 0. The molecule has 1 N–H and O–H groups in total. The maximum atomic E-state index is 12.7. The zero-order valence-corrected chi connectivity index (χ0v) is 21.7. The Morgan fingerprint density at radius 2 is 1.74 bits per heavy atom. The number of rotatable bonds is 8. The van der Waals surface area contributed by atoms with E-state index in [-0.39, 0.29) is 11.5 Å². The summed E-state index contributed by atoms with van der Waals surface area (Å²) in [6.07, 6.45) is 1.23. The fourth-order valence-corrected chi connectivity index (χ4v) is 4.42. The van der Waals surface area contributed by atoms with Crippen LogP contribution in [0, 0.1) is 6.92 Å². The molecule has 0 spiro atoms. The molecule has 0 saturated carbocycles. The van der Waals surface area contributed by atoms with Crippen molar-refractivity contribution >= 4 is 27.8 Å². The van der Waals surface area contributed by atoms with E-state index in [1.165, 1.54) is 18.3 Å². The molecule has 7 nitrogen and oxygen atoms in total. The Bertz CT molecular complexity index is 1260. The minimum absolute atomic E-state index is 0.0485. The van der Waals surface area contributed by atoms with Crippen LogP contribution in [0.25, 0.3) is 0 Å². The molecule has 0 aliphatic rings. The summed E-state index contributed by atoms with van der Waals surface area (Å²) in [5.41, 5.74) is 2.06. The lowest BCUT2D eigenvalue weighted by Gasteiger charge is -2.25. The predicted molar refractivity (Wildman–Crippen MR) is 135 cm³/mol. The monoisotopic (exact) mass is 516 g/mol. The van der Waals surface area contributed by atoms with E-state index >= 15 is 0 Å². The first kappa shape index (κ1) is 26.7. The van der Waals surface area contributed by atoms with E-state index in [0.717, 1.165) is 11.1 Å². The molecule has 186 valence electrons. The molecule has 0 radical (unpaired) electrons. The summed E-state index contributed by atoms with van der Waals surface area (Å²) in [6, 6.07) is 16.9. The van der Waals surface area contributed by atoms with Crippen LogP contribution >= 0.6 is 11.6 Å². The molecule has 0 aliphatic heterocycles. The molecule has 1 amide bonds. The van der Waals surface area contributed by atoms with Crippen molar-refractivity contribution in [3.8, 4) is 0 Å². The highest BCUT2D eigenvalue weighted by atomic mass is 35.5. The molecule has 2 aromatic carbocycles. The summed E-state index contributed by atoms with van der Waals surface area (Å²) >= 11 is 6.18. The maximum Gasteiger partial charge on any atom is 0.408 e. The summed E-state index contributed by atoms with van der Waals surface area (Å²) in [6.45, 7) is 6.88. The van der Waals surface area contributed by atoms with Gasteiger partial charge in [0.2, 0.25) is 0 Å². The molecule has 35 heavy (non-hydrogen) atoms. The first-order valence-corrected chi connectivity index (χ1v) is 12.9. The lowest BCUT2D eigenvalue weighted by Crippen LogP contribution is -2.36. The van der Waals surface area contributed by atoms with Crippen LogP contribution in [0.4, 0.5) is 4.79 Å². The molecule has 0 bridgehead atoms. The van der Waals surface area contributed by atoms with E-state index in [0.29, 0.717) is 22.7 Å². The average Bonchev–Trinajstić information content (AvgIpc) is 2.77. The van der Waals surface area contributed by atoms with Gasteiger partial charge in [-0.25, -0.2) is 4.79 Å². The second-order valence-corrected chi connectivity index (χ2v) is 11.2. The molecular weight excluding hydrogens is 488 g/mol. The molecular formula is C26H29ClN2O5S. The number of hydrogen-bond donors (Lipinski definition) is 1. The van der Waals surface area contributed by atoms with E-state index in [1.807, 2.05) is 37.3 Å². The normalized spacial score (nSPS) is 12.7. The summed E-state index contributed by atoms with van der Waals surface area (Å²) in [4.78, 5) is 17.1. The van der Waals surface area contributed by atoms with Crippen LogP contribution in [0.2, 0.25) is 5.02 Å². The lowest BCUT2D eigenvalue weighted by atomic mass is 9.99. The second kappa shape index (κ2) is 11.2. The number of aromatic nitrogens is 1. The molecule has 0 aliphatic carbocycles. The Labute approximate surface area is 211 Å². The SMILES string of the molecule is Cc1ccc(S(=O)(=O)OCc2cc(Cl)cnc2C(Cc2ccccc2)NC(=O)OC(C)(C)C)cc1. The predicted octanol–water partition coefficient (Wildman–Crippen LogP) is 5.76. The molecule has 3 rings (SSSR count). The topological polar surface area (TPSA) is 94.6 Å². The first-order valence-electron chi connectivity index (χ1n) is 11.1. The number of alkyl carbamates (subject to hydrolysis) is 1. The van der Waals surface area contributed by atoms with E-state index in [1.54, 1.807) is 39.0 Å². The van der Waals surface area contributed by atoms with Gasteiger partial charge in [-0.2, -0.15) is 8.42 Å². The number of pyridine rings is 1. The van der Waals surface area contributed by atoms with Gasteiger partial charge in [-0.15, -0.1) is 0 Å². The van der Waals surface area contributed by atoms with Crippen LogP contribution in [0.1, 0.15) is 49.2 Å². The smallest absolute Gasteiger partial charge is 0.408 e. The standard InChI is InChI=1S/C26H29ClN2O5S/c1-18-10-12-22(13-11-18)35(31,32)33-17-20-15-21(27)16-28-24(20)23(14-19-8-6-5-7-9-19)29-25(30)34-26(2,3)4/h5-13,15-16,23H,14,17H2,1-4H3,(H,29,30). The molecule has 1 unspecified atom stereocenters. The van der Waals surface area contributed by atoms with Gasteiger partial charge in [-0.05, 0) is 57.9 Å². The Kier molecular flexibility index (Phi) is 8.53. The highest BCUT2D eigenvalue weighted by Crippen LogP contribution is 2.26. The van der Waals surface area contributed by atoms with Gasteiger partial charge in [0.25, 0.3) is 10.1 Å². The number of nitrogens with zero attached hydrogens (tertiary/aromatic N) is 1. The highest BCUT2D eigenvalue weighted by molar-refractivity contribution is 7.86. The van der Waals surface area contributed by atoms with Crippen LogP contribution in [0.3, 0.4) is 0 Å². The van der Waals surface area contributed by atoms with E-state index < -0.39 is 27.9 Å². The van der Waals surface area contributed by atoms with Crippen LogP contribution in [0.5, 0.6) is 0 Å². The number of carbonyl (C=O) groups excluding carboxylic acids is 1. The number of amides is 1. The minimum Gasteiger partial charge on any atom is -0.444 e. The van der Waals surface area contributed by atoms with Crippen LogP contribution < -0.4 is 5.32 Å². The number of hydrogen-bond acceptors (Lipinski definition) is 6. The van der Waals surface area contributed by atoms with Gasteiger partial charge in [0.1, 0.15) is 5.60 Å². The minimum atomic E-state index is -4.02. The highest BCUT2D eigenvalue weighted by Gasteiger charge is 2.25. The van der Waals surface area contributed by atoms with Crippen LogP contribution in [-0.2, 0) is 32.1 Å². The number of ether oxygens (including phenoxy) is 1. The fraction of sp³-hybridized carbons (Fsp3) is 0.308. The Balaban J connectivity index is 1.91. The van der Waals surface area contributed by atoms with Gasteiger partial charge < -0.3 is 10.1 Å². The van der Waals surface area contributed by atoms with E-state index in [9.17, 15) is 13.2 Å².